The van der Waals surface area contributed by atoms with E-state index in [9.17, 15) is 13.6 Å². The number of amides is 1. The van der Waals surface area contributed by atoms with Crippen LogP contribution >= 0.6 is 0 Å². The molecule has 0 atom stereocenters. The summed E-state index contributed by atoms with van der Waals surface area (Å²) in [5.41, 5.74) is -0.303. The molecule has 25 heavy (non-hydrogen) atoms. The second-order valence-electron chi connectivity index (χ2n) is 6.43. The summed E-state index contributed by atoms with van der Waals surface area (Å²) in [6.45, 7) is 8.20. The average Bonchev–Trinajstić information content (AvgIpc) is 2.86. The van der Waals surface area contributed by atoms with Crippen LogP contribution in [0.3, 0.4) is 0 Å². The van der Waals surface area contributed by atoms with E-state index in [1.54, 1.807) is 4.90 Å². The zero-order valence-corrected chi connectivity index (χ0v) is 14.3. The normalized spacial score (nSPS) is 20.5. The Balaban J connectivity index is 1.51. The van der Waals surface area contributed by atoms with Gasteiger partial charge in [-0.05, 0) is 13.0 Å². The lowest BCUT2D eigenvalue weighted by molar-refractivity contribution is 0.0335. The lowest BCUT2D eigenvalue weighted by atomic mass is 10.3. The Hall–Kier alpha value is -1.64. The van der Waals surface area contributed by atoms with Crippen LogP contribution in [-0.4, -0.2) is 91.2 Å². The average molecular weight is 354 g/mol. The van der Waals surface area contributed by atoms with E-state index in [-0.39, 0.29) is 5.69 Å². The van der Waals surface area contributed by atoms with E-state index in [4.69, 9.17) is 4.74 Å². The molecule has 2 saturated heterocycles. The highest BCUT2D eigenvalue weighted by molar-refractivity contribution is 5.92. The van der Waals surface area contributed by atoms with Crippen molar-refractivity contribution in [2.75, 3.05) is 65.6 Å². The molecule has 0 N–H and O–H groups in total. The fourth-order valence-electron chi connectivity index (χ4n) is 3.23. The monoisotopic (exact) mass is 354 g/mol. The SMILES string of the molecule is O=C(c1ncc(F)cc1F)N1CCCN(CCN2CCOCC2)CC1. The van der Waals surface area contributed by atoms with Crippen LogP contribution in [0.15, 0.2) is 12.3 Å². The van der Waals surface area contributed by atoms with Crippen LogP contribution in [0, 0.1) is 11.6 Å². The molecular weight excluding hydrogens is 330 g/mol. The molecule has 0 radical (unpaired) electrons. The fraction of sp³-hybridized carbons (Fsp3) is 0.647. The number of morpholine rings is 1. The summed E-state index contributed by atoms with van der Waals surface area (Å²) in [5, 5.41) is 0. The van der Waals surface area contributed by atoms with Gasteiger partial charge in [0.25, 0.3) is 5.91 Å². The van der Waals surface area contributed by atoms with Crippen molar-refractivity contribution >= 4 is 5.91 Å². The Morgan fingerprint density at radius 3 is 2.48 bits per heavy atom. The van der Waals surface area contributed by atoms with Gasteiger partial charge in [-0.1, -0.05) is 0 Å². The van der Waals surface area contributed by atoms with Gasteiger partial charge >= 0.3 is 0 Å². The van der Waals surface area contributed by atoms with Crippen molar-refractivity contribution in [3.05, 3.63) is 29.6 Å². The molecule has 8 heteroatoms. The lowest BCUT2D eigenvalue weighted by Crippen LogP contribution is -2.42. The molecule has 0 saturated carbocycles. The van der Waals surface area contributed by atoms with Crippen molar-refractivity contribution in [3.8, 4) is 0 Å². The van der Waals surface area contributed by atoms with Crippen LogP contribution in [0.1, 0.15) is 16.9 Å². The summed E-state index contributed by atoms with van der Waals surface area (Å²) in [4.78, 5) is 22.4. The highest BCUT2D eigenvalue weighted by Crippen LogP contribution is 2.12. The maximum Gasteiger partial charge on any atom is 0.275 e. The molecule has 2 aliphatic rings. The topological polar surface area (TPSA) is 48.9 Å². The summed E-state index contributed by atoms with van der Waals surface area (Å²) in [5.74, 6) is -2.15. The van der Waals surface area contributed by atoms with E-state index in [1.165, 1.54) is 0 Å². The quantitative estimate of drug-likeness (QED) is 0.802. The van der Waals surface area contributed by atoms with Gasteiger partial charge in [0.2, 0.25) is 0 Å². The Morgan fingerprint density at radius 2 is 1.76 bits per heavy atom. The minimum Gasteiger partial charge on any atom is -0.379 e. The third-order valence-electron chi connectivity index (χ3n) is 4.72. The third kappa shape index (κ3) is 4.93. The maximum atomic E-state index is 13.8. The van der Waals surface area contributed by atoms with Crippen LogP contribution in [-0.2, 0) is 4.74 Å². The number of hydrogen-bond donors (Lipinski definition) is 0. The van der Waals surface area contributed by atoms with Crippen molar-refractivity contribution in [3.63, 3.8) is 0 Å². The summed E-state index contributed by atoms with van der Waals surface area (Å²) in [6, 6.07) is 0.701. The number of nitrogens with zero attached hydrogens (tertiary/aromatic N) is 4. The number of halogens is 2. The Bertz CT molecular complexity index is 596. The van der Waals surface area contributed by atoms with Gasteiger partial charge in [-0.3, -0.25) is 9.69 Å². The third-order valence-corrected chi connectivity index (χ3v) is 4.72. The number of carbonyl (C=O) groups excluding carboxylic acids is 1. The van der Waals surface area contributed by atoms with Crippen LogP contribution < -0.4 is 0 Å². The Morgan fingerprint density at radius 1 is 1.04 bits per heavy atom. The molecule has 0 spiro atoms. The molecule has 3 rings (SSSR count). The molecule has 2 fully saturated rings. The van der Waals surface area contributed by atoms with Crippen LogP contribution in [0.2, 0.25) is 0 Å². The summed E-state index contributed by atoms with van der Waals surface area (Å²) < 4.78 is 32.1. The standard InChI is InChI=1S/C17H24F2N4O2/c18-14-12-15(19)16(20-13-14)17(24)23-3-1-2-21(6-7-23)4-5-22-8-10-25-11-9-22/h12-13H,1-11H2. The molecule has 1 aromatic rings. The predicted molar refractivity (Wildman–Crippen MR) is 88.4 cm³/mol. The van der Waals surface area contributed by atoms with Crippen molar-refractivity contribution in [2.24, 2.45) is 0 Å². The summed E-state index contributed by atoms with van der Waals surface area (Å²) >= 11 is 0. The van der Waals surface area contributed by atoms with Gasteiger partial charge in [0.1, 0.15) is 5.82 Å². The molecule has 0 bridgehead atoms. The first-order valence-electron chi connectivity index (χ1n) is 8.76. The predicted octanol–water partition coefficient (Wildman–Crippen LogP) is 0.840. The molecule has 0 aromatic carbocycles. The van der Waals surface area contributed by atoms with Gasteiger partial charge in [-0.2, -0.15) is 0 Å². The summed E-state index contributed by atoms with van der Waals surface area (Å²) in [6.07, 6.45) is 1.71. The number of ether oxygens (including phenoxy) is 1. The van der Waals surface area contributed by atoms with Gasteiger partial charge in [-0.15, -0.1) is 0 Å². The minimum absolute atomic E-state index is 0.303. The number of rotatable bonds is 4. The highest BCUT2D eigenvalue weighted by Gasteiger charge is 2.24. The summed E-state index contributed by atoms with van der Waals surface area (Å²) in [7, 11) is 0. The molecule has 0 unspecified atom stereocenters. The zero-order valence-electron chi connectivity index (χ0n) is 14.3. The van der Waals surface area contributed by atoms with Crippen molar-refractivity contribution in [1.82, 2.24) is 19.7 Å². The molecule has 6 nitrogen and oxygen atoms in total. The number of hydrogen-bond acceptors (Lipinski definition) is 5. The molecule has 1 aromatic heterocycles. The van der Waals surface area contributed by atoms with Gasteiger partial charge in [-0.25, -0.2) is 13.8 Å². The minimum atomic E-state index is -0.904. The first-order chi connectivity index (χ1) is 12.1. The van der Waals surface area contributed by atoms with Crippen molar-refractivity contribution in [2.45, 2.75) is 6.42 Å². The first kappa shape index (κ1) is 18.2. The van der Waals surface area contributed by atoms with E-state index in [1.807, 2.05) is 0 Å². The molecule has 0 aliphatic carbocycles. The van der Waals surface area contributed by atoms with E-state index in [0.29, 0.717) is 19.2 Å². The van der Waals surface area contributed by atoms with E-state index in [0.717, 1.165) is 65.1 Å². The second kappa shape index (κ2) is 8.64. The van der Waals surface area contributed by atoms with Crippen LogP contribution in [0.5, 0.6) is 0 Å². The Labute approximate surface area is 146 Å². The second-order valence-corrected chi connectivity index (χ2v) is 6.43. The van der Waals surface area contributed by atoms with Gasteiger partial charge in [0.05, 0.1) is 19.4 Å². The van der Waals surface area contributed by atoms with Gasteiger partial charge in [0.15, 0.2) is 11.5 Å². The van der Waals surface area contributed by atoms with Gasteiger partial charge in [0, 0.05) is 51.9 Å². The molecular formula is C17H24F2N4O2. The number of aromatic nitrogens is 1. The largest absolute Gasteiger partial charge is 0.379 e. The van der Waals surface area contributed by atoms with E-state index >= 15 is 0 Å². The van der Waals surface area contributed by atoms with Crippen LogP contribution in [0.25, 0.3) is 0 Å². The molecule has 138 valence electrons. The van der Waals surface area contributed by atoms with E-state index < -0.39 is 17.5 Å². The highest BCUT2D eigenvalue weighted by atomic mass is 19.1. The fourth-order valence-corrected chi connectivity index (χ4v) is 3.23. The molecule has 1 amide bonds. The molecule has 3 heterocycles. The lowest BCUT2D eigenvalue weighted by Gasteiger charge is -2.29. The number of pyridine rings is 1. The van der Waals surface area contributed by atoms with Gasteiger partial charge < -0.3 is 14.5 Å². The van der Waals surface area contributed by atoms with Crippen LogP contribution in [0.4, 0.5) is 8.78 Å². The van der Waals surface area contributed by atoms with Crippen molar-refractivity contribution < 1.29 is 18.3 Å². The first-order valence-corrected chi connectivity index (χ1v) is 8.76. The maximum absolute atomic E-state index is 13.8. The zero-order chi connectivity index (χ0) is 17.6. The Kier molecular flexibility index (Phi) is 6.28. The van der Waals surface area contributed by atoms with E-state index in [2.05, 4.69) is 14.8 Å². The number of carbonyl (C=O) groups is 1. The molecule has 2 aliphatic heterocycles. The smallest absolute Gasteiger partial charge is 0.275 e. The van der Waals surface area contributed by atoms with Crippen molar-refractivity contribution in [1.29, 1.82) is 0 Å².